The van der Waals surface area contributed by atoms with Gasteiger partial charge in [0.25, 0.3) is 0 Å². The zero-order chi connectivity index (χ0) is 12.6. The summed E-state index contributed by atoms with van der Waals surface area (Å²) in [4.78, 5) is 11.6. The van der Waals surface area contributed by atoms with Crippen molar-refractivity contribution in [3.05, 3.63) is 57.3 Å². The maximum Gasteiger partial charge on any atom is 0.160 e. The summed E-state index contributed by atoms with van der Waals surface area (Å²) in [6, 6.07) is 10.5. The molecule has 1 unspecified atom stereocenters. The number of aldehydes is 1. The summed E-state index contributed by atoms with van der Waals surface area (Å²) in [6.07, 6.45) is 1.99. The highest BCUT2D eigenvalue weighted by molar-refractivity contribution is 7.11. The van der Waals surface area contributed by atoms with Crippen LogP contribution >= 0.6 is 11.3 Å². The molecule has 1 N–H and O–H groups in total. The number of nitrogens with one attached hydrogen (secondary N) is 1. The van der Waals surface area contributed by atoms with Gasteiger partial charge in [0.15, 0.2) is 6.29 Å². The molecule has 92 valence electrons. The van der Waals surface area contributed by atoms with E-state index in [-0.39, 0.29) is 5.54 Å². The number of fused-ring (bicyclic) bond motifs is 1. The molecule has 0 aliphatic carbocycles. The number of thiophene rings is 1. The van der Waals surface area contributed by atoms with E-state index in [2.05, 4.69) is 41.9 Å². The second-order valence-electron chi connectivity index (χ2n) is 4.81. The monoisotopic (exact) mass is 257 g/mol. The summed E-state index contributed by atoms with van der Waals surface area (Å²) in [5, 5.41) is 5.68. The van der Waals surface area contributed by atoms with Crippen molar-refractivity contribution in [2.45, 2.75) is 18.9 Å². The number of benzene rings is 1. The Hall–Kier alpha value is -1.45. The third-order valence-corrected chi connectivity index (χ3v) is 4.60. The Kier molecular flexibility index (Phi) is 2.80. The molecule has 0 spiro atoms. The molecular weight excluding hydrogens is 242 g/mol. The molecule has 1 aromatic heterocycles. The fourth-order valence-electron chi connectivity index (χ4n) is 2.70. The fourth-order valence-corrected chi connectivity index (χ4v) is 3.52. The van der Waals surface area contributed by atoms with Crippen molar-refractivity contribution in [3.63, 3.8) is 0 Å². The third kappa shape index (κ3) is 1.71. The molecule has 1 aliphatic rings. The van der Waals surface area contributed by atoms with Crippen LogP contribution in [0.5, 0.6) is 0 Å². The first-order valence-electron chi connectivity index (χ1n) is 6.11. The molecule has 0 bridgehead atoms. The van der Waals surface area contributed by atoms with Gasteiger partial charge < -0.3 is 5.32 Å². The minimum atomic E-state index is -0.174. The normalized spacial score (nSPS) is 22.5. The summed E-state index contributed by atoms with van der Waals surface area (Å²) in [5.74, 6) is 0. The van der Waals surface area contributed by atoms with E-state index >= 15 is 0 Å². The molecular formula is C15H15NOS. The van der Waals surface area contributed by atoms with Crippen LogP contribution < -0.4 is 5.32 Å². The average Bonchev–Trinajstić information content (AvgIpc) is 2.89. The van der Waals surface area contributed by atoms with Crippen molar-refractivity contribution < 1.29 is 4.79 Å². The van der Waals surface area contributed by atoms with E-state index in [0.717, 1.165) is 24.1 Å². The van der Waals surface area contributed by atoms with E-state index in [1.54, 1.807) is 0 Å². The summed E-state index contributed by atoms with van der Waals surface area (Å²) < 4.78 is 0. The zero-order valence-corrected chi connectivity index (χ0v) is 11.1. The largest absolute Gasteiger partial charge is 0.304 e. The Balaban J connectivity index is 2.13. The van der Waals surface area contributed by atoms with Gasteiger partial charge in [-0.3, -0.25) is 4.79 Å². The smallest absolute Gasteiger partial charge is 0.160 e. The minimum absolute atomic E-state index is 0.174. The highest BCUT2D eigenvalue weighted by Crippen LogP contribution is 2.36. The molecule has 0 amide bonds. The van der Waals surface area contributed by atoms with Crippen LogP contribution in [0, 0.1) is 0 Å². The van der Waals surface area contributed by atoms with E-state index in [1.807, 2.05) is 6.07 Å². The van der Waals surface area contributed by atoms with Crippen molar-refractivity contribution in [1.82, 2.24) is 5.32 Å². The molecule has 0 radical (unpaired) electrons. The predicted molar refractivity (Wildman–Crippen MR) is 74.3 cm³/mol. The molecule has 2 nitrogen and oxygen atoms in total. The van der Waals surface area contributed by atoms with Gasteiger partial charge in [0.05, 0.1) is 10.4 Å². The first kappa shape index (κ1) is 11.6. The lowest BCUT2D eigenvalue weighted by Gasteiger charge is -2.37. The quantitative estimate of drug-likeness (QED) is 0.838. The molecule has 1 aromatic carbocycles. The molecule has 2 aromatic rings. The van der Waals surface area contributed by atoms with E-state index in [0.29, 0.717) is 0 Å². The minimum Gasteiger partial charge on any atom is -0.304 e. The highest BCUT2D eigenvalue weighted by Gasteiger charge is 2.33. The van der Waals surface area contributed by atoms with Gasteiger partial charge in [-0.25, -0.2) is 0 Å². The topological polar surface area (TPSA) is 29.1 Å². The summed E-state index contributed by atoms with van der Waals surface area (Å²) >= 11 is 1.51. The lowest BCUT2D eigenvalue weighted by atomic mass is 9.80. The summed E-state index contributed by atoms with van der Waals surface area (Å²) in [6.45, 7) is 3.17. The first-order chi connectivity index (χ1) is 8.74. The van der Waals surface area contributed by atoms with Crippen molar-refractivity contribution in [2.75, 3.05) is 6.54 Å². The van der Waals surface area contributed by atoms with Gasteiger partial charge in [0.1, 0.15) is 0 Å². The van der Waals surface area contributed by atoms with E-state index < -0.39 is 0 Å². The van der Waals surface area contributed by atoms with E-state index in [4.69, 9.17) is 0 Å². The highest BCUT2D eigenvalue weighted by atomic mass is 32.1. The van der Waals surface area contributed by atoms with Gasteiger partial charge in [-0.05, 0) is 41.5 Å². The lowest BCUT2D eigenvalue weighted by Crippen LogP contribution is -2.45. The van der Waals surface area contributed by atoms with Crippen molar-refractivity contribution in [1.29, 1.82) is 0 Å². The van der Waals surface area contributed by atoms with Gasteiger partial charge >= 0.3 is 0 Å². The van der Waals surface area contributed by atoms with E-state index in [1.165, 1.54) is 28.0 Å². The van der Waals surface area contributed by atoms with Gasteiger partial charge in [0.2, 0.25) is 0 Å². The van der Waals surface area contributed by atoms with Gasteiger partial charge in [-0.15, -0.1) is 11.3 Å². The summed E-state index contributed by atoms with van der Waals surface area (Å²) in [7, 11) is 0. The number of hydrogen-bond acceptors (Lipinski definition) is 3. The molecule has 0 saturated heterocycles. The van der Waals surface area contributed by atoms with Crippen LogP contribution in [0.2, 0.25) is 0 Å². The predicted octanol–water partition coefficient (Wildman–Crippen LogP) is 2.97. The second-order valence-corrected chi connectivity index (χ2v) is 5.76. The first-order valence-corrected chi connectivity index (χ1v) is 6.99. The number of carbonyl (C=O) groups is 1. The molecule has 1 aliphatic heterocycles. The second kappa shape index (κ2) is 4.34. The van der Waals surface area contributed by atoms with Crippen molar-refractivity contribution >= 4 is 17.6 Å². The van der Waals surface area contributed by atoms with Crippen molar-refractivity contribution in [3.8, 4) is 0 Å². The zero-order valence-electron chi connectivity index (χ0n) is 10.3. The maximum absolute atomic E-state index is 10.8. The Morgan fingerprint density at radius 1 is 1.39 bits per heavy atom. The molecule has 1 atom stereocenters. The Labute approximate surface area is 111 Å². The maximum atomic E-state index is 10.8. The van der Waals surface area contributed by atoms with Crippen molar-refractivity contribution in [2.24, 2.45) is 0 Å². The molecule has 3 heteroatoms. The van der Waals surface area contributed by atoms with Crippen LogP contribution in [0.1, 0.15) is 33.3 Å². The number of carbonyl (C=O) groups excluding carboxylic acids is 1. The Bertz CT molecular complexity index is 590. The van der Waals surface area contributed by atoms with Gasteiger partial charge in [0, 0.05) is 6.54 Å². The molecule has 2 heterocycles. The van der Waals surface area contributed by atoms with Crippen LogP contribution in [0.3, 0.4) is 0 Å². The Morgan fingerprint density at radius 2 is 2.22 bits per heavy atom. The molecule has 18 heavy (non-hydrogen) atoms. The SMILES string of the molecule is CC1(c2csc(C=O)c2)NCCc2ccccc21. The molecule has 0 saturated carbocycles. The van der Waals surface area contributed by atoms with Crippen LogP contribution in [-0.2, 0) is 12.0 Å². The fraction of sp³-hybridized carbons (Fsp3) is 0.267. The van der Waals surface area contributed by atoms with Gasteiger partial charge in [-0.2, -0.15) is 0 Å². The van der Waals surface area contributed by atoms with Crippen LogP contribution in [-0.4, -0.2) is 12.8 Å². The Morgan fingerprint density at radius 3 is 3.00 bits per heavy atom. The number of rotatable bonds is 2. The van der Waals surface area contributed by atoms with Crippen LogP contribution in [0.25, 0.3) is 0 Å². The third-order valence-electron chi connectivity index (χ3n) is 3.74. The van der Waals surface area contributed by atoms with Gasteiger partial charge in [-0.1, -0.05) is 24.3 Å². The number of hydrogen-bond donors (Lipinski definition) is 1. The van der Waals surface area contributed by atoms with Crippen LogP contribution in [0.4, 0.5) is 0 Å². The molecule has 0 fully saturated rings. The summed E-state index contributed by atoms with van der Waals surface area (Å²) in [5.41, 5.74) is 3.73. The average molecular weight is 257 g/mol. The molecule has 3 rings (SSSR count). The lowest BCUT2D eigenvalue weighted by molar-refractivity contribution is 0.112. The van der Waals surface area contributed by atoms with E-state index in [9.17, 15) is 4.79 Å². The standard InChI is InChI=1S/C15H15NOS/c1-15(12-8-13(9-17)18-10-12)14-5-3-2-4-11(14)6-7-16-15/h2-5,8-10,16H,6-7H2,1H3. The van der Waals surface area contributed by atoms with Crippen LogP contribution in [0.15, 0.2) is 35.7 Å².